The molecule has 0 heterocycles. The van der Waals surface area contributed by atoms with Crippen LogP contribution in [0.1, 0.15) is 15.9 Å². The molecule has 0 aromatic heterocycles. The van der Waals surface area contributed by atoms with Gasteiger partial charge in [-0.15, -0.1) is 0 Å². The Labute approximate surface area is 163 Å². The lowest BCUT2D eigenvalue weighted by Gasteiger charge is -2.12. The maximum atomic E-state index is 12.4. The van der Waals surface area contributed by atoms with Gasteiger partial charge in [0.05, 0.1) is 6.61 Å². The minimum atomic E-state index is 0.00282. The van der Waals surface area contributed by atoms with Crippen molar-refractivity contribution in [2.24, 2.45) is 0 Å². The van der Waals surface area contributed by atoms with Gasteiger partial charge in [0.15, 0.2) is 5.78 Å². The van der Waals surface area contributed by atoms with Crippen LogP contribution in [-0.4, -0.2) is 51.1 Å². The molecule has 4 nitrogen and oxygen atoms in total. The fourth-order valence-corrected chi connectivity index (χ4v) is 2.54. The van der Waals surface area contributed by atoms with Crippen LogP contribution in [0, 0.1) is 0 Å². The first kappa shape index (κ1) is 20.4. The summed E-state index contributed by atoms with van der Waals surface area (Å²) in [4.78, 5) is 14.6. The SMILES string of the molecule is COCCN(C)C/C=C/COc1ccc(C(=O)c2ccc(Br)cc2)cc1. The number of hydrogen-bond acceptors (Lipinski definition) is 4. The number of carbonyl (C=O) groups excluding carboxylic acids is 1. The molecule has 2 aromatic rings. The van der Waals surface area contributed by atoms with E-state index in [4.69, 9.17) is 9.47 Å². The van der Waals surface area contributed by atoms with E-state index in [2.05, 4.69) is 26.9 Å². The second kappa shape index (κ2) is 10.9. The molecule has 0 aliphatic heterocycles. The number of nitrogens with zero attached hydrogens (tertiary/aromatic N) is 1. The molecule has 2 rings (SSSR count). The molecule has 0 unspecified atom stereocenters. The van der Waals surface area contributed by atoms with Gasteiger partial charge in [0.2, 0.25) is 0 Å². The average Bonchev–Trinajstić information content (AvgIpc) is 2.66. The molecule has 0 saturated carbocycles. The van der Waals surface area contributed by atoms with Crippen LogP contribution in [-0.2, 0) is 4.74 Å². The third kappa shape index (κ3) is 6.75. The topological polar surface area (TPSA) is 38.8 Å². The van der Waals surface area contributed by atoms with Crippen molar-refractivity contribution in [1.82, 2.24) is 4.90 Å². The Bertz CT molecular complexity index is 711. The summed E-state index contributed by atoms with van der Waals surface area (Å²) >= 11 is 3.37. The molecule has 0 saturated heterocycles. The van der Waals surface area contributed by atoms with Crippen LogP contribution in [0.3, 0.4) is 0 Å². The Kier molecular flexibility index (Phi) is 8.54. The average molecular weight is 418 g/mol. The molecule has 5 heteroatoms. The number of methoxy groups -OCH3 is 1. The monoisotopic (exact) mass is 417 g/mol. The third-order valence-electron chi connectivity index (χ3n) is 3.83. The molecule has 0 atom stereocenters. The van der Waals surface area contributed by atoms with Gasteiger partial charge in [-0.3, -0.25) is 4.79 Å². The Morgan fingerprint density at radius 3 is 2.27 bits per heavy atom. The van der Waals surface area contributed by atoms with E-state index in [1.165, 1.54) is 0 Å². The molecular formula is C21H24BrNO3. The highest BCUT2D eigenvalue weighted by atomic mass is 79.9. The van der Waals surface area contributed by atoms with Gasteiger partial charge in [0.1, 0.15) is 12.4 Å². The number of rotatable bonds is 10. The van der Waals surface area contributed by atoms with E-state index < -0.39 is 0 Å². The first-order valence-electron chi connectivity index (χ1n) is 8.46. The van der Waals surface area contributed by atoms with E-state index in [0.717, 1.165) is 29.9 Å². The Balaban J connectivity index is 1.80. The predicted molar refractivity (Wildman–Crippen MR) is 108 cm³/mol. The van der Waals surface area contributed by atoms with Crippen LogP contribution in [0.5, 0.6) is 5.75 Å². The van der Waals surface area contributed by atoms with Crippen molar-refractivity contribution in [2.45, 2.75) is 0 Å². The highest BCUT2D eigenvalue weighted by Gasteiger charge is 2.08. The van der Waals surface area contributed by atoms with Crippen LogP contribution in [0.4, 0.5) is 0 Å². The maximum Gasteiger partial charge on any atom is 0.193 e. The number of halogens is 1. The summed E-state index contributed by atoms with van der Waals surface area (Å²) in [5, 5.41) is 0. The third-order valence-corrected chi connectivity index (χ3v) is 4.36. The molecule has 26 heavy (non-hydrogen) atoms. The van der Waals surface area contributed by atoms with E-state index >= 15 is 0 Å². The minimum absolute atomic E-state index is 0.00282. The van der Waals surface area contributed by atoms with Gasteiger partial charge >= 0.3 is 0 Å². The summed E-state index contributed by atoms with van der Waals surface area (Å²) in [7, 11) is 3.75. The molecule has 2 aromatic carbocycles. The molecule has 0 bridgehead atoms. The lowest BCUT2D eigenvalue weighted by molar-refractivity contribution is 0.103. The molecule has 0 aliphatic rings. The van der Waals surface area contributed by atoms with E-state index in [-0.39, 0.29) is 5.78 Å². The van der Waals surface area contributed by atoms with Crippen molar-refractivity contribution in [3.63, 3.8) is 0 Å². The second-order valence-electron chi connectivity index (χ2n) is 5.90. The number of hydrogen-bond donors (Lipinski definition) is 0. The molecule has 0 fully saturated rings. The Hall–Kier alpha value is -1.95. The standard InChI is InChI=1S/C21H24BrNO3/c1-23(14-16-25-2)13-3-4-15-26-20-11-7-18(8-12-20)21(24)17-5-9-19(22)10-6-17/h3-12H,13-16H2,1-2H3/b4-3+. The number of ether oxygens (including phenoxy) is 2. The van der Waals surface area contributed by atoms with E-state index in [1.807, 2.05) is 49.5 Å². The van der Waals surface area contributed by atoms with Crippen LogP contribution < -0.4 is 4.74 Å². The maximum absolute atomic E-state index is 12.4. The van der Waals surface area contributed by atoms with E-state index in [1.54, 1.807) is 19.2 Å². The molecule has 0 radical (unpaired) electrons. The zero-order chi connectivity index (χ0) is 18.8. The lowest BCUT2D eigenvalue weighted by Crippen LogP contribution is -2.22. The molecule has 138 valence electrons. The first-order chi connectivity index (χ1) is 12.6. The predicted octanol–water partition coefficient (Wildman–Crippen LogP) is 4.19. The van der Waals surface area contributed by atoms with Crippen molar-refractivity contribution < 1.29 is 14.3 Å². The molecule has 0 aliphatic carbocycles. The van der Waals surface area contributed by atoms with Gasteiger partial charge in [-0.05, 0) is 55.6 Å². The Morgan fingerprint density at radius 2 is 1.65 bits per heavy atom. The number of benzene rings is 2. The molecule has 0 N–H and O–H groups in total. The van der Waals surface area contributed by atoms with Crippen LogP contribution in [0.15, 0.2) is 65.2 Å². The largest absolute Gasteiger partial charge is 0.490 e. The summed E-state index contributed by atoms with van der Waals surface area (Å²) in [6.07, 6.45) is 4.06. The molecule has 0 spiro atoms. The summed E-state index contributed by atoms with van der Waals surface area (Å²) in [6.45, 7) is 2.98. The van der Waals surface area contributed by atoms with Crippen molar-refractivity contribution in [1.29, 1.82) is 0 Å². The Morgan fingerprint density at radius 1 is 1.04 bits per heavy atom. The minimum Gasteiger partial charge on any atom is -0.490 e. The van der Waals surface area contributed by atoms with Crippen molar-refractivity contribution >= 4 is 21.7 Å². The van der Waals surface area contributed by atoms with Gasteiger partial charge in [-0.2, -0.15) is 0 Å². The zero-order valence-corrected chi connectivity index (χ0v) is 16.7. The molecular weight excluding hydrogens is 394 g/mol. The lowest BCUT2D eigenvalue weighted by atomic mass is 10.0. The summed E-state index contributed by atoms with van der Waals surface area (Å²) < 4.78 is 11.7. The summed E-state index contributed by atoms with van der Waals surface area (Å²) in [5.41, 5.74) is 1.32. The number of likely N-dealkylation sites (N-methyl/N-ethyl adjacent to an activating group) is 1. The van der Waals surface area contributed by atoms with Gasteiger partial charge in [-0.25, -0.2) is 0 Å². The fraction of sp³-hybridized carbons (Fsp3) is 0.286. The van der Waals surface area contributed by atoms with Crippen molar-refractivity contribution in [3.8, 4) is 5.75 Å². The van der Waals surface area contributed by atoms with Gasteiger partial charge < -0.3 is 14.4 Å². The smallest absolute Gasteiger partial charge is 0.193 e. The zero-order valence-electron chi connectivity index (χ0n) is 15.2. The van der Waals surface area contributed by atoms with Crippen molar-refractivity contribution in [3.05, 3.63) is 76.3 Å². The van der Waals surface area contributed by atoms with Crippen LogP contribution in [0.2, 0.25) is 0 Å². The van der Waals surface area contributed by atoms with Crippen LogP contribution >= 0.6 is 15.9 Å². The normalized spacial score (nSPS) is 11.2. The van der Waals surface area contributed by atoms with Gasteiger partial charge in [0.25, 0.3) is 0 Å². The fourth-order valence-electron chi connectivity index (χ4n) is 2.28. The first-order valence-corrected chi connectivity index (χ1v) is 9.25. The second-order valence-corrected chi connectivity index (χ2v) is 6.81. The van der Waals surface area contributed by atoms with Crippen LogP contribution in [0.25, 0.3) is 0 Å². The summed E-state index contributed by atoms with van der Waals surface area (Å²) in [5.74, 6) is 0.748. The quantitative estimate of drug-likeness (QED) is 0.429. The highest BCUT2D eigenvalue weighted by Crippen LogP contribution is 2.17. The van der Waals surface area contributed by atoms with Crippen molar-refractivity contribution in [2.75, 3.05) is 40.5 Å². The summed E-state index contributed by atoms with van der Waals surface area (Å²) in [6, 6.07) is 14.6. The van der Waals surface area contributed by atoms with Gasteiger partial charge in [-0.1, -0.05) is 28.1 Å². The van der Waals surface area contributed by atoms with E-state index in [9.17, 15) is 4.79 Å². The van der Waals surface area contributed by atoms with E-state index in [0.29, 0.717) is 17.7 Å². The number of carbonyl (C=O) groups is 1. The molecule has 0 amide bonds. The number of ketones is 1. The van der Waals surface area contributed by atoms with Gasteiger partial charge in [0, 0.05) is 35.8 Å². The highest BCUT2D eigenvalue weighted by molar-refractivity contribution is 9.10.